The summed E-state index contributed by atoms with van der Waals surface area (Å²) in [6.45, 7) is 9.49. The van der Waals surface area contributed by atoms with E-state index in [0.29, 0.717) is 0 Å². The third-order valence-electron chi connectivity index (χ3n) is 2.52. The summed E-state index contributed by atoms with van der Waals surface area (Å²) >= 11 is 0. The molecule has 0 bridgehead atoms. The molecule has 0 aliphatic rings. The first kappa shape index (κ1) is 16.0. The lowest BCUT2D eigenvalue weighted by molar-refractivity contribution is -0.131. The van der Waals surface area contributed by atoms with Crippen LogP contribution in [0.25, 0.3) is 0 Å². The maximum absolute atomic E-state index is 12.0. The predicted octanol–water partition coefficient (Wildman–Crippen LogP) is 0.217. The maximum atomic E-state index is 12.0. The lowest BCUT2D eigenvalue weighted by atomic mass is 10.2. The molecule has 0 heterocycles. The highest BCUT2D eigenvalue weighted by Gasteiger charge is 2.16. The Labute approximate surface area is 106 Å². The van der Waals surface area contributed by atoms with Gasteiger partial charge in [0.2, 0.25) is 5.91 Å². The van der Waals surface area contributed by atoms with Gasteiger partial charge in [0.15, 0.2) is 7.98 Å². The van der Waals surface area contributed by atoms with Gasteiger partial charge < -0.3 is 15.0 Å². The van der Waals surface area contributed by atoms with Gasteiger partial charge in [-0.3, -0.25) is 4.79 Å². The zero-order valence-corrected chi connectivity index (χ0v) is 11.9. The molecule has 0 fully saturated rings. The van der Waals surface area contributed by atoms with Crippen molar-refractivity contribution in [3.05, 3.63) is 12.3 Å². The van der Waals surface area contributed by atoms with E-state index in [1.165, 1.54) is 0 Å². The molecule has 0 rings (SSSR count). The second-order valence-corrected chi connectivity index (χ2v) is 4.82. The van der Waals surface area contributed by atoms with Gasteiger partial charge in [-0.25, -0.2) is 0 Å². The zero-order valence-electron chi connectivity index (χ0n) is 11.9. The van der Waals surface area contributed by atoms with Gasteiger partial charge in [-0.05, 0) is 20.4 Å². The van der Waals surface area contributed by atoms with Crippen molar-refractivity contribution in [2.24, 2.45) is 0 Å². The molecule has 0 aliphatic carbocycles. The fourth-order valence-electron chi connectivity index (χ4n) is 1.63. The molecular formula is C12H26BN3O. The quantitative estimate of drug-likeness (QED) is 0.615. The maximum Gasteiger partial charge on any atom is 0.244 e. The summed E-state index contributed by atoms with van der Waals surface area (Å²) in [5.41, 5.74) is 0.875. The molecule has 0 aliphatic heterocycles. The highest BCUT2D eigenvalue weighted by atomic mass is 16.2. The Bertz CT molecular complexity index is 256. The molecule has 1 atom stereocenters. The molecule has 98 valence electrons. The second kappa shape index (κ2) is 8.17. The van der Waals surface area contributed by atoms with Crippen LogP contribution in [0.5, 0.6) is 0 Å². The summed E-state index contributed by atoms with van der Waals surface area (Å²) < 4.78 is 0. The Balaban J connectivity index is 4.08. The summed E-state index contributed by atoms with van der Waals surface area (Å²) in [5.74, 6) is 0.123. The van der Waals surface area contributed by atoms with E-state index < -0.39 is 0 Å². The van der Waals surface area contributed by atoms with Crippen LogP contribution in [0, 0.1) is 0 Å². The molecule has 0 aromatic rings. The molecule has 4 nitrogen and oxygen atoms in total. The van der Waals surface area contributed by atoms with Crippen LogP contribution >= 0.6 is 0 Å². The average Bonchev–Trinajstić information content (AvgIpc) is 2.23. The number of unbranched alkanes of at least 4 members (excludes halogenated alkanes) is 1. The fourth-order valence-corrected chi connectivity index (χ4v) is 1.63. The molecule has 17 heavy (non-hydrogen) atoms. The Hall–Kier alpha value is -0.965. The summed E-state index contributed by atoms with van der Waals surface area (Å²) in [7, 11) is 5.81. The summed E-state index contributed by atoms with van der Waals surface area (Å²) in [4.78, 5) is 15.8. The minimum absolute atomic E-state index is 0.123. The number of carbonyl (C=O) groups is 1. The molecule has 5 heteroatoms. The SMILES string of the molecule is BN(C)CC(=C)NC(C)C(=O)N(C)CCCC. The van der Waals surface area contributed by atoms with Gasteiger partial charge in [0.05, 0.1) is 0 Å². The number of nitrogens with zero attached hydrogens (tertiary/aromatic N) is 2. The molecular weight excluding hydrogens is 213 g/mol. The third-order valence-corrected chi connectivity index (χ3v) is 2.52. The van der Waals surface area contributed by atoms with Crippen LogP contribution in [-0.4, -0.2) is 56.8 Å². The van der Waals surface area contributed by atoms with Gasteiger partial charge in [0.25, 0.3) is 0 Å². The first-order chi connectivity index (χ1) is 7.88. The van der Waals surface area contributed by atoms with Crippen molar-refractivity contribution in [2.75, 3.05) is 27.2 Å². The van der Waals surface area contributed by atoms with E-state index in [9.17, 15) is 4.79 Å². The van der Waals surface area contributed by atoms with E-state index >= 15 is 0 Å². The van der Waals surface area contributed by atoms with E-state index in [2.05, 4.69) is 18.8 Å². The van der Waals surface area contributed by atoms with Crippen LogP contribution in [0.2, 0.25) is 0 Å². The van der Waals surface area contributed by atoms with Crippen molar-refractivity contribution in [2.45, 2.75) is 32.7 Å². The van der Waals surface area contributed by atoms with Crippen molar-refractivity contribution in [1.82, 2.24) is 15.0 Å². The normalized spacial score (nSPS) is 12.3. The van der Waals surface area contributed by atoms with E-state index in [1.54, 1.807) is 4.90 Å². The number of nitrogens with one attached hydrogen (secondary N) is 1. The Morgan fingerprint density at radius 3 is 2.53 bits per heavy atom. The average molecular weight is 239 g/mol. The van der Waals surface area contributed by atoms with Crippen LogP contribution in [0.1, 0.15) is 26.7 Å². The largest absolute Gasteiger partial charge is 0.377 e. The van der Waals surface area contributed by atoms with Crippen LogP contribution in [0.3, 0.4) is 0 Å². The van der Waals surface area contributed by atoms with Gasteiger partial charge in [-0.15, -0.1) is 0 Å². The standard InChI is InChI=1S/C12H26BN3O/c1-6-7-8-15(4)12(17)11(3)14-10(2)9-16(5)13/h11,14H,2,6-9,13H2,1,3-5H3. The smallest absolute Gasteiger partial charge is 0.244 e. The molecule has 0 saturated heterocycles. The molecule has 0 saturated carbocycles. The number of hydrogen-bond donors (Lipinski definition) is 1. The highest BCUT2D eigenvalue weighted by molar-refractivity contribution is 6.04. The first-order valence-electron chi connectivity index (χ1n) is 6.22. The van der Waals surface area contributed by atoms with E-state index in [-0.39, 0.29) is 11.9 Å². The third kappa shape index (κ3) is 7.05. The van der Waals surface area contributed by atoms with Crippen LogP contribution in [-0.2, 0) is 4.79 Å². The topological polar surface area (TPSA) is 35.6 Å². The van der Waals surface area contributed by atoms with Gasteiger partial charge in [0, 0.05) is 25.8 Å². The Morgan fingerprint density at radius 2 is 2.06 bits per heavy atom. The lowest BCUT2D eigenvalue weighted by Gasteiger charge is -2.24. The minimum Gasteiger partial charge on any atom is -0.377 e. The Kier molecular flexibility index (Phi) is 7.71. The van der Waals surface area contributed by atoms with Gasteiger partial charge in [-0.1, -0.05) is 19.9 Å². The number of likely N-dealkylation sites (N-methyl/N-ethyl adjacent to an activating group) is 2. The molecule has 0 spiro atoms. The minimum atomic E-state index is -0.204. The highest BCUT2D eigenvalue weighted by Crippen LogP contribution is 1.98. The number of carbonyl (C=O) groups excluding carboxylic acids is 1. The molecule has 1 amide bonds. The van der Waals surface area contributed by atoms with E-state index in [1.807, 2.05) is 33.8 Å². The van der Waals surface area contributed by atoms with Gasteiger partial charge >= 0.3 is 0 Å². The van der Waals surface area contributed by atoms with E-state index in [0.717, 1.165) is 31.6 Å². The zero-order chi connectivity index (χ0) is 13.4. The molecule has 1 unspecified atom stereocenters. The van der Waals surface area contributed by atoms with Crippen molar-refractivity contribution < 1.29 is 4.79 Å². The van der Waals surface area contributed by atoms with Crippen LogP contribution in [0.4, 0.5) is 0 Å². The molecule has 1 N–H and O–H groups in total. The van der Waals surface area contributed by atoms with Crippen LogP contribution in [0.15, 0.2) is 12.3 Å². The summed E-state index contributed by atoms with van der Waals surface area (Å²) in [6, 6.07) is -0.204. The number of rotatable bonds is 8. The first-order valence-corrected chi connectivity index (χ1v) is 6.22. The van der Waals surface area contributed by atoms with Gasteiger partial charge in [-0.2, -0.15) is 0 Å². The number of amides is 1. The van der Waals surface area contributed by atoms with E-state index in [4.69, 9.17) is 0 Å². The summed E-state index contributed by atoms with van der Waals surface area (Å²) in [6.07, 6.45) is 2.15. The fraction of sp³-hybridized carbons (Fsp3) is 0.750. The summed E-state index contributed by atoms with van der Waals surface area (Å²) in [5, 5.41) is 3.14. The number of hydrogen-bond acceptors (Lipinski definition) is 3. The second-order valence-electron chi connectivity index (χ2n) is 4.82. The lowest BCUT2D eigenvalue weighted by Crippen LogP contribution is -2.44. The van der Waals surface area contributed by atoms with Crippen molar-refractivity contribution in [1.29, 1.82) is 0 Å². The van der Waals surface area contributed by atoms with Crippen molar-refractivity contribution in [3.63, 3.8) is 0 Å². The van der Waals surface area contributed by atoms with Crippen molar-refractivity contribution in [3.8, 4) is 0 Å². The Morgan fingerprint density at radius 1 is 1.47 bits per heavy atom. The monoisotopic (exact) mass is 239 g/mol. The molecule has 0 radical (unpaired) electrons. The van der Waals surface area contributed by atoms with Crippen molar-refractivity contribution >= 4 is 13.9 Å². The molecule has 0 aromatic carbocycles. The molecule has 0 aromatic heterocycles. The van der Waals surface area contributed by atoms with Gasteiger partial charge in [0.1, 0.15) is 6.04 Å². The predicted molar refractivity (Wildman–Crippen MR) is 75.5 cm³/mol. The van der Waals surface area contributed by atoms with Crippen LogP contribution < -0.4 is 5.32 Å².